The van der Waals surface area contributed by atoms with Crippen LogP contribution in [0, 0.1) is 0 Å². The van der Waals surface area contributed by atoms with Gasteiger partial charge in [0.1, 0.15) is 9.98 Å². The van der Waals surface area contributed by atoms with Gasteiger partial charge in [0.05, 0.1) is 0 Å². The van der Waals surface area contributed by atoms with Crippen molar-refractivity contribution in [1.82, 2.24) is 4.90 Å². The fourth-order valence-corrected chi connectivity index (χ4v) is 2.37. The van der Waals surface area contributed by atoms with E-state index in [4.69, 9.17) is 24.4 Å². The maximum atomic E-state index is 11.7. The molecule has 1 aliphatic heterocycles. The van der Waals surface area contributed by atoms with Crippen molar-refractivity contribution in [3.63, 3.8) is 0 Å². The zero-order valence-corrected chi connectivity index (χ0v) is 9.82. The lowest BCUT2D eigenvalue weighted by Gasteiger charge is -2.14. The summed E-state index contributed by atoms with van der Waals surface area (Å²) in [5, 5.41) is 0. The van der Waals surface area contributed by atoms with E-state index >= 15 is 0 Å². The number of carbonyl (C=O) groups is 1. The average molecular weight is 235 g/mol. The van der Waals surface area contributed by atoms with Gasteiger partial charge in [-0.05, 0) is 0 Å². The molecule has 0 N–H and O–H groups in total. The molecule has 76 valence electrons. The van der Waals surface area contributed by atoms with E-state index in [0.29, 0.717) is 16.4 Å². The van der Waals surface area contributed by atoms with Gasteiger partial charge in [0, 0.05) is 17.5 Å². The Kier molecular flexibility index (Phi) is 2.63. The highest BCUT2D eigenvalue weighted by molar-refractivity contribution is 7.83. The van der Waals surface area contributed by atoms with E-state index in [-0.39, 0.29) is 5.91 Å². The minimum atomic E-state index is -0.0406. The third kappa shape index (κ3) is 1.50. The van der Waals surface area contributed by atoms with Crippen molar-refractivity contribution < 1.29 is 4.79 Å². The van der Waals surface area contributed by atoms with Gasteiger partial charge in [-0.2, -0.15) is 0 Å². The van der Waals surface area contributed by atoms with Crippen LogP contribution >= 0.6 is 24.4 Å². The highest BCUT2D eigenvalue weighted by atomic mass is 32.1. The first-order chi connectivity index (χ1) is 7.16. The molecule has 0 saturated heterocycles. The lowest BCUT2D eigenvalue weighted by molar-refractivity contribution is -0.123. The van der Waals surface area contributed by atoms with Gasteiger partial charge in [0.15, 0.2) is 0 Å². The highest BCUT2D eigenvalue weighted by Gasteiger charge is 2.32. The molecule has 2 nitrogen and oxygen atoms in total. The Morgan fingerprint density at radius 1 is 1.20 bits per heavy atom. The molecule has 0 unspecified atom stereocenters. The number of hydrogen-bond donors (Lipinski definition) is 0. The average Bonchev–Trinajstić information content (AvgIpc) is 2.52. The van der Waals surface area contributed by atoms with Gasteiger partial charge in [-0.3, -0.25) is 9.69 Å². The van der Waals surface area contributed by atoms with Crippen molar-refractivity contribution >= 4 is 40.3 Å². The van der Waals surface area contributed by atoms with E-state index in [9.17, 15) is 4.79 Å². The maximum absolute atomic E-state index is 11.7. The molecule has 0 bridgehead atoms. The van der Waals surface area contributed by atoms with E-state index in [0.717, 1.165) is 11.1 Å². The number of amides is 1. The van der Waals surface area contributed by atoms with Crippen molar-refractivity contribution in [1.29, 1.82) is 0 Å². The maximum Gasteiger partial charge on any atom is 0.232 e. The topological polar surface area (TPSA) is 20.3 Å². The molecule has 0 atom stereocenters. The summed E-state index contributed by atoms with van der Waals surface area (Å²) in [6, 6.07) is 7.58. The second-order valence-electron chi connectivity index (χ2n) is 3.24. The lowest BCUT2D eigenvalue weighted by atomic mass is 10.1. The highest BCUT2D eigenvalue weighted by Crippen LogP contribution is 2.24. The third-order valence-electron chi connectivity index (χ3n) is 2.35. The molecule has 0 radical (unpaired) electrons. The van der Waals surface area contributed by atoms with Crippen molar-refractivity contribution in [2.24, 2.45) is 0 Å². The third-order valence-corrected chi connectivity index (χ3v) is 3.15. The predicted octanol–water partition coefficient (Wildman–Crippen LogP) is 2.29. The van der Waals surface area contributed by atoms with Crippen molar-refractivity contribution in [2.45, 2.75) is 13.3 Å². The Balaban J connectivity index is 2.50. The normalized spacial score (nSPS) is 14.3. The second kappa shape index (κ2) is 3.79. The SMILES string of the molecule is CCC(=O)N1C(=S)c2ccccc2C1=S. The molecule has 0 fully saturated rings. The van der Waals surface area contributed by atoms with Crippen LogP contribution < -0.4 is 0 Å². The lowest BCUT2D eigenvalue weighted by Crippen LogP contribution is -2.34. The van der Waals surface area contributed by atoms with Crippen LogP contribution in [0.3, 0.4) is 0 Å². The van der Waals surface area contributed by atoms with Gasteiger partial charge >= 0.3 is 0 Å². The Hall–Kier alpha value is -1.13. The van der Waals surface area contributed by atoms with E-state index in [1.807, 2.05) is 24.3 Å². The molecule has 0 aliphatic carbocycles. The number of benzene rings is 1. The summed E-state index contributed by atoms with van der Waals surface area (Å²) in [5.41, 5.74) is 1.78. The van der Waals surface area contributed by atoms with Crippen molar-refractivity contribution in [3.05, 3.63) is 35.4 Å². The van der Waals surface area contributed by atoms with Gasteiger partial charge in [-0.1, -0.05) is 55.6 Å². The summed E-state index contributed by atoms with van der Waals surface area (Å²) in [5.74, 6) is -0.0406. The summed E-state index contributed by atoms with van der Waals surface area (Å²) < 4.78 is 0. The summed E-state index contributed by atoms with van der Waals surface area (Å²) in [6.45, 7) is 1.80. The molecule has 15 heavy (non-hydrogen) atoms. The first-order valence-corrected chi connectivity index (χ1v) is 5.49. The van der Waals surface area contributed by atoms with Crippen LogP contribution in [0.15, 0.2) is 24.3 Å². The fraction of sp³-hybridized carbons (Fsp3) is 0.182. The van der Waals surface area contributed by atoms with Crippen LogP contribution in [-0.2, 0) is 4.79 Å². The molecule has 2 rings (SSSR count). The standard InChI is InChI=1S/C11H9NOS2/c1-2-9(13)12-10(14)7-5-3-4-6-8(7)11(12)15/h3-6H,2H2,1H3. The monoisotopic (exact) mass is 235 g/mol. The smallest absolute Gasteiger partial charge is 0.232 e. The summed E-state index contributed by atoms with van der Waals surface area (Å²) >= 11 is 10.5. The predicted molar refractivity (Wildman–Crippen MR) is 67.0 cm³/mol. The number of carbonyl (C=O) groups excluding carboxylic acids is 1. The zero-order valence-electron chi connectivity index (χ0n) is 8.19. The summed E-state index contributed by atoms with van der Waals surface area (Å²) in [6.07, 6.45) is 0.411. The molecule has 1 heterocycles. The molecule has 1 aromatic carbocycles. The molecule has 0 spiro atoms. The largest absolute Gasteiger partial charge is 0.274 e. The molecule has 1 aliphatic rings. The minimum Gasteiger partial charge on any atom is -0.274 e. The first kappa shape index (κ1) is 10.4. The first-order valence-electron chi connectivity index (χ1n) is 4.67. The van der Waals surface area contributed by atoms with Gasteiger partial charge < -0.3 is 0 Å². The van der Waals surface area contributed by atoms with Crippen molar-refractivity contribution in [2.75, 3.05) is 0 Å². The fourth-order valence-electron chi connectivity index (χ4n) is 1.57. The Morgan fingerprint density at radius 2 is 1.67 bits per heavy atom. The van der Waals surface area contributed by atoms with E-state index < -0.39 is 0 Å². The van der Waals surface area contributed by atoms with E-state index in [1.54, 1.807) is 6.92 Å². The van der Waals surface area contributed by atoms with Crippen molar-refractivity contribution in [3.8, 4) is 0 Å². The van der Waals surface area contributed by atoms with Crippen LogP contribution in [0.1, 0.15) is 24.5 Å². The number of nitrogens with zero attached hydrogens (tertiary/aromatic N) is 1. The summed E-state index contributed by atoms with van der Waals surface area (Å²) in [7, 11) is 0. The second-order valence-corrected chi connectivity index (χ2v) is 4.01. The zero-order chi connectivity index (χ0) is 11.0. The van der Waals surface area contributed by atoms with Gasteiger partial charge in [-0.15, -0.1) is 0 Å². The summed E-state index contributed by atoms with van der Waals surface area (Å²) in [4.78, 5) is 14.2. The van der Waals surface area contributed by atoms with Gasteiger partial charge in [-0.25, -0.2) is 0 Å². The Labute approximate surface area is 98.9 Å². The molecule has 1 aromatic rings. The Bertz CT molecular complexity index is 432. The van der Waals surface area contributed by atoms with E-state index in [2.05, 4.69) is 0 Å². The molecule has 1 amide bonds. The van der Waals surface area contributed by atoms with Crippen LogP contribution in [0.4, 0.5) is 0 Å². The molecule has 4 heteroatoms. The van der Waals surface area contributed by atoms with Gasteiger partial charge in [0.25, 0.3) is 0 Å². The molecule has 0 aromatic heterocycles. The van der Waals surface area contributed by atoms with E-state index in [1.165, 1.54) is 4.90 Å². The molecular formula is C11H9NOS2. The Morgan fingerprint density at radius 3 is 2.07 bits per heavy atom. The van der Waals surface area contributed by atoms with Gasteiger partial charge in [0.2, 0.25) is 5.91 Å². The van der Waals surface area contributed by atoms with Crippen LogP contribution in [0.25, 0.3) is 0 Å². The number of rotatable bonds is 1. The molecule has 0 saturated carbocycles. The number of thiocarbonyl (C=S) groups is 2. The minimum absolute atomic E-state index is 0.0406. The quantitative estimate of drug-likeness (QED) is 0.697. The molecular weight excluding hydrogens is 226 g/mol. The number of hydrogen-bond acceptors (Lipinski definition) is 3. The number of fused-ring (bicyclic) bond motifs is 1. The van der Waals surface area contributed by atoms with Crippen LogP contribution in [-0.4, -0.2) is 20.8 Å². The van der Waals surface area contributed by atoms with Crippen LogP contribution in [0.5, 0.6) is 0 Å². The van der Waals surface area contributed by atoms with Crippen LogP contribution in [0.2, 0.25) is 0 Å².